The summed E-state index contributed by atoms with van der Waals surface area (Å²) in [5.41, 5.74) is 1.59. The van der Waals surface area contributed by atoms with E-state index in [1.165, 1.54) is 23.8 Å². The second-order valence-corrected chi connectivity index (χ2v) is 6.17. The molecule has 1 rings (SSSR count). The highest BCUT2D eigenvalue weighted by atomic mass is 32.2. The number of Topliss-reactive ketones (excluding diaryl/α,β-unsaturated/α-hetero) is 1. The van der Waals surface area contributed by atoms with Crippen molar-refractivity contribution in [3.63, 3.8) is 0 Å². The Morgan fingerprint density at radius 1 is 1.57 bits per heavy atom. The largest absolute Gasteiger partial charge is 0.293 e. The maximum Gasteiger partial charge on any atom is 0.174 e. The zero-order chi connectivity index (χ0) is 10.6. The van der Waals surface area contributed by atoms with Crippen molar-refractivity contribution >= 4 is 27.0 Å². The maximum atomic E-state index is 11.4. The maximum absolute atomic E-state index is 11.4. The zero-order valence-corrected chi connectivity index (χ0v) is 9.40. The van der Waals surface area contributed by atoms with Crippen LogP contribution in [0.5, 0.6) is 0 Å². The quantitative estimate of drug-likeness (QED) is 0.716. The second kappa shape index (κ2) is 4.65. The lowest BCUT2D eigenvalue weighted by atomic mass is 10.2. The lowest BCUT2D eigenvalue weighted by molar-refractivity contribution is 0.0986. The van der Waals surface area contributed by atoms with E-state index in [4.69, 9.17) is 0 Å². The Labute approximate surface area is 86.9 Å². The molecule has 0 N–H and O–H groups in total. The van der Waals surface area contributed by atoms with Gasteiger partial charge in [0.15, 0.2) is 5.78 Å². The Bertz CT molecular complexity index is 394. The van der Waals surface area contributed by atoms with Gasteiger partial charge in [0, 0.05) is 18.9 Å². The van der Waals surface area contributed by atoms with Crippen LogP contribution in [0, 0.1) is 0 Å². The molecule has 0 amide bonds. The van der Waals surface area contributed by atoms with Crippen molar-refractivity contribution < 1.29 is 13.2 Å². The van der Waals surface area contributed by atoms with Gasteiger partial charge >= 0.3 is 0 Å². The molecule has 0 aliphatic carbocycles. The summed E-state index contributed by atoms with van der Waals surface area (Å²) in [4.78, 5) is 15.7. The average molecular weight is 233 g/mol. The van der Waals surface area contributed by atoms with Gasteiger partial charge in [-0.05, 0) is 6.42 Å². The van der Waals surface area contributed by atoms with Crippen LogP contribution in [0.15, 0.2) is 11.7 Å². The van der Waals surface area contributed by atoms with E-state index in [0.717, 1.165) is 0 Å². The summed E-state index contributed by atoms with van der Waals surface area (Å²) in [6, 6.07) is 0. The van der Waals surface area contributed by atoms with Gasteiger partial charge in [0.25, 0.3) is 0 Å². The van der Waals surface area contributed by atoms with Crippen LogP contribution in [0.3, 0.4) is 0 Å². The Morgan fingerprint density at radius 2 is 2.29 bits per heavy atom. The first-order valence-corrected chi connectivity index (χ1v) is 7.02. The third-order valence-electron chi connectivity index (χ3n) is 1.63. The lowest BCUT2D eigenvalue weighted by Gasteiger charge is -1.96. The van der Waals surface area contributed by atoms with Crippen LogP contribution in [0.25, 0.3) is 0 Å². The van der Waals surface area contributed by atoms with Crippen LogP contribution in [0.2, 0.25) is 0 Å². The van der Waals surface area contributed by atoms with Crippen LogP contribution < -0.4 is 0 Å². The third kappa shape index (κ3) is 3.97. The summed E-state index contributed by atoms with van der Waals surface area (Å²) in [5.74, 6) is 0.0357. The molecule has 0 aliphatic heterocycles. The van der Waals surface area contributed by atoms with Gasteiger partial charge in [-0.15, -0.1) is 11.3 Å². The number of carbonyl (C=O) groups is 1. The molecule has 1 heterocycles. The molecule has 0 atom stereocenters. The Hall–Kier alpha value is -0.750. The summed E-state index contributed by atoms with van der Waals surface area (Å²) in [6.07, 6.45) is 3.34. The lowest BCUT2D eigenvalue weighted by Crippen LogP contribution is -2.05. The van der Waals surface area contributed by atoms with E-state index in [9.17, 15) is 13.2 Å². The van der Waals surface area contributed by atoms with Gasteiger partial charge in [0.1, 0.15) is 9.84 Å². The van der Waals surface area contributed by atoms with E-state index >= 15 is 0 Å². The predicted molar refractivity (Wildman–Crippen MR) is 55.4 cm³/mol. The number of hydrogen-bond acceptors (Lipinski definition) is 5. The van der Waals surface area contributed by atoms with Crippen molar-refractivity contribution in [1.82, 2.24) is 4.98 Å². The average Bonchev–Trinajstić information content (AvgIpc) is 2.53. The van der Waals surface area contributed by atoms with E-state index < -0.39 is 9.84 Å². The van der Waals surface area contributed by atoms with Gasteiger partial charge in [-0.3, -0.25) is 9.78 Å². The highest BCUT2D eigenvalue weighted by Gasteiger charge is 2.09. The first kappa shape index (κ1) is 11.3. The van der Waals surface area contributed by atoms with Crippen LogP contribution >= 0.6 is 11.3 Å². The highest BCUT2D eigenvalue weighted by molar-refractivity contribution is 7.90. The number of aromatic nitrogens is 1. The number of sulfone groups is 1. The molecule has 14 heavy (non-hydrogen) atoms. The summed E-state index contributed by atoms with van der Waals surface area (Å²) >= 11 is 1.28. The SMILES string of the molecule is CS(=O)(=O)CCCC(=O)c1cncs1. The minimum absolute atomic E-state index is 0.0313. The van der Waals surface area contributed by atoms with Crippen molar-refractivity contribution in [3.05, 3.63) is 16.6 Å². The van der Waals surface area contributed by atoms with E-state index in [2.05, 4.69) is 4.98 Å². The van der Waals surface area contributed by atoms with Crippen LogP contribution in [-0.2, 0) is 9.84 Å². The summed E-state index contributed by atoms with van der Waals surface area (Å²) in [5, 5.41) is 0. The topological polar surface area (TPSA) is 64.1 Å². The molecule has 0 aliphatic rings. The molecule has 0 bridgehead atoms. The van der Waals surface area contributed by atoms with Gasteiger partial charge < -0.3 is 0 Å². The summed E-state index contributed by atoms with van der Waals surface area (Å²) in [7, 11) is -2.95. The molecule has 0 saturated carbocycles. The van der Waals surface area contributed by atoms with Gasteiger partial charge in [0.2, 0.25) is 0 Å². The van der Waals surface area contributed by atoms with Gasteiger partial charge in [-0.1, -0.05) is 0 Å². The summed E-state index contributed by atoms with van der Waals surface area (Å²) < 4.78 is 21.6. The molecule has 0 aromatic carbocycles. The third-order valence-corrected chi connectivity index (χ3v) is 3.47. The molecule has 0 fully saturated rings. The molecule has 1 aromatic heterocycles. The fraction of sp³-hybridized carbons (Fsp3) is 0.500. The van der Waals surface area contributed by atoms with E-state index in [0.29, 0.717) is 11.3 Å². The van der Waals surface area contributed by atoms with Crippen LogP contribution in [0.1, 0.15) is 22.5 Å². The minimum atomic E-state index is -2.95. The molecule has 78 valence electrons. The molecular formula is C8H11NO3S2. The fourth-order valence-corrected chi connectivity index (χ4v) is 2.23. The molecule has 0 spiro atoms. The molecule has 1 aromatic rings. The van der Waals surface area contributed by atoms with Gasteiger partial charge in [-0.2, -0.15) is 0 Å². The van der Waals surface area contributed by atoms with Crippen LogP contribution in [0.4, 0.5) is 0 Å². The smallest absolute Gasteiger partial charge is 0.174 e. The number of ketones is 1. The van der Waals surface area contributed by atoms with Crippen molar-refractivity contribution in [2.45, 2.75) is 12.8 Å². The number of hydrogen-bond donors (Lipinski definition) is 0. The molecule has 0 saturated heterocycles. The minimum Gasteiger partial charge on any atom is -0.293 e. The van der Waals surface area contributed by atoms with Crippen LogP contribution in [-0.4, -0.2) is 31.2 Å². The number of thiazole rings is 1. The Kier molecular flexibility index (Phi) is 3.77. The van der Waals surface area contributed by atoms with E-state index in [1.54, 1.807) is 5.51 Å². The Balaban J connectivity index is 2.37. The fourth-order valence-electron chi connectivity index (χ4n) is 0.972. The standard InChI is InChI=1S/C8H11NO3S2/c1-14(11,12)4-2-3-7(10)8-5-9-6-13-8/h5-6H,2-4H2,1H3. The highest BCUT2D eigenvalue weighted by Crippen LogP contribution is 2.10. The first-order chi connectivity index (χ1) is 6.49. The molecular weight excluding hydrogens is 222 g/mol. The molecule has 0 radical (unpaired) electrons. The monoisotopic (exact) mass is 233 g/mol. The Morgan fingerprint density at radius 3 is 2.79 bits per heavy atom. The predicted octanol–water partition coefficient (Wildman–Crippen LogP) is 1.15. The van der Waals surface area contributed by atoms with Crippen molar-refractivity contribution in [2.75, 3.05) is 12.0 Å². The number of rotatable bonds is 5. The van der Waals surface area contributed by atoms with Crippen molar-refractivity contribution in [1.29, 1.82) is 0 Å². The van der Waals surface area contributed by atoms with Gasteiger partial charge in [0.05, 0.1) is 16.1 Å². The number of nitrogens with zero attached hydrogens (tertiary/aromatic N) is 1. The summed E-state index contributed by atoms with van der Waals surface area (Å²) in [6.45, 7) is 0. The van der Waals surface area contributed by atoms with E-state index in [1.807, 2.05) is 0 Å². The van der Waals surface area contributed by atoms with Crippen molar-refractivity contribution in [3.8, 4) is 0 Å². The number of carbonyl (C=O) groups excluding carboxylic acids is 1. The second-order valence-electron chi connectivity index (χ2n) is 3.02. The molecule has 6 heteroatoms. The van der Waals surface area contributed by atoms with Crippen molar-refractivity contribution in [2.24, 2.45) is 0 Å². The molecule has 4 nitrogen and oxygen atoms in total. The van der Waals surface area contributed by atoms with E-state index in [-0.39, 0.29) is 18.0 Å². The normalized spacial score (nSPS) is 11.5. The molecule has 0 unspecified atom stereocenters. The first-order valence-electron chi connectivity index (χ1n) is 4.08. The van der Waals surface area contributed by atoms with Gasteiger partial charge in [-0.25, -0.2) is 8.42 Å². The zero-order valence-electron chi connectivity index (χ0n) is 7.76.